The number of carbonyl (C=O) groups excluding carboxylic acids is 1. The summed E-state index contributed by atoms with van der Waals surface area (Å²) < 4.78 is 1.52. The molecule has 0 bridgehead atoms. The van der Waals surface area contributed by atoms with Gasteiger partial charge in [-0.3, -0.25) is 0 Å². The Hall–Kier alpha value is -1.08. The molecule has 19 heavy (non-hydrogen) atoms. The van der Waals surface area contributed by atoms with Crippen molar-refractivity contribution < 1.29 is 14.7 Å². The van der Waals surface area contributed by atoms with Crippen molar-refractivity contribution in [3.63, 3.8) is 0 Å². The van der Waals surface area contributed by atoms with Crippen LogP contribution in [-0.4, -0.2) is 23.1 Å². The van der Waals surface area contributed by atoms with E-state index in [1.54, 1.807) is 26.0 Å². The Balaban J connectivity index is 2.74. The Morgan fingerprint density at radius 1 is 1.26 bits per heavy atom. The van der Waals surface area contributed by atoms with Gasteiger partial charge in [0.25, 0.3) is 0 Å². The summed E-state index contributed by atoms with van der Waals surface area (Å²) in [6.07, 6.45) is 0. The summed E-state index contributed by atoms with van der Waals surface area (Å²) in [5, 5.41) is 14.0. The highest BCUT2D eigenvalue weighted by Crippen LogP contribution is 2.26. The van der Waals surface area contributed by atoms with Gasteiger partial charge in [0.05, 0.1) is 5.69 Å². The number of rotatable bonds is 4. The molecular weight excluding hydrogens is 380 g/mol. The monoisotopic (exact) mass is 392 g/mol. The second-order valence-electron chi connectivity index (χ2n) is 4.28. The molecule has 0 radical (unpaired) electrons. The quantitative estimate of drug-likeness (QED) is 0.733. The molecule has 0 aliphatic carbocycles. The molecule has 1 aromatic rings. The first-order valence-electron chi connectivity index (χ1n) is 5.56. The van der Waals surface area contributed by atoms with Crippen LogP contribution < -0.4 is 10.6 Å². The third-order valence-electron chi connectivity index (χ3n) is 2.40. The second-order valence-corrected chi connectivity index (χ2v) is 6.05. The standard InChI is InChI=1S/C12H14Br2N2O3/c1-6(2)10(11(17)18)16-12(19)15-9-5-7(13)3-4-8(9)14/h3-6,10H,1-2H3,(H,17,18)(H2,15,16,19)/t10-/m0/s1. The minimum absolute atomic E-state index is 0.200. The van der Waals surface area contributed by atoms with E-state index in [1.165, 1.54) is 0 Å². The summed E-state index contributed by atoms with van der Waals surface area (Å²) in [6.45, 7) is 3.46. The lowest BCUT2D eigenvalue weighted by Crippen LogP contribution is -2.46. The summed E-state index contributed by atoms with van der Waals surface area (Å²) >= 11 is 6.60. The van der Waals surface area contributed by atoms with Gasteiger partial charge in [-0.2, -0.15) is 0 Å². The molecule has 0 saturated heterocycles. The van der Waals surface area contributed by atoms with Gasteiger partial charge in [-0.05, 0) is 40.0 Å². The zero-order valence-corrected chi connectivity index (χ0v) is 13.6. The minimum atomic E-state index is -1.06. The van der Waals surface area contributed by atoms with E-state index in [0.717, 1.165) is 4.47 Å². The smallest absolute Gasteiger partial charge is 0.326 e. The van der Waals surface area contributed by atoms with Crippen molar-refractivity contribution in [3.05, 3.63) is 27.1 Å². The van der Waals surface area contributed by atoms with Crippen molar-refractivity contribution >= 4 is 49.5 Å². The lowest BCUT2D eigenvalue weighted by molar-refractivity contribution is -0.140. The largest absolute Gasteiger partial charge is 0.480 e. The molecule has 0 aliphatic rings. The van der Waals surface area contributed by atoms with Gasteiger partial charge in [-0.15, -0.1) is 0 Å². The summed E-state index contributed by atoms with van der Waals surface area (Å²) in [4.78, 5) is 22.8. The van der Waals surface area contributed by atoms with Crippen molar-refractivity contribution in [1.82, 2.24) is 5.32 Å². The molecule has 0 aliphatic heterocycles. The SMILES string of the molecule is CC(C)[C@H](NC(=O)Nc1cc(Br)ccc1Br)C(=O)O. The van der Waals surface area contributed by atoms with Crippen LogP contribution in [0.3, 0.4) is 0 Å². The number of halogens is 2. The highest BCUT2D eigenvalue weighted by Gasteiger charge is 2.23. The number of hydrogen-bond donors (Lipinski definition) is 3. The van der Waals surface area contributed by atoms with Gasteiger partial charge in [0.1, 0.15) is 6.04 Å². The Morgan fingerprint density at radius 3 is 2.42 bits per heavy atom. The molecule has 2 amide bonds. The zero-order chi connectivity index (χ0) is 14.6. The van der Waals surface area contributed by atoms with Crippen LogP contribution in [0.5, 0.6) is 0 Å². The van der Waals surface area contributed by atoms with Crippen LogP contribution in [0.2, 0.25) is 0 Å². The zero-order valence-electron chi connectivity index (χ0n) is 10.4. The molecule has 5 nitrogen and oxygen atoms in total. The Labute approximate surface area is 128 Å². The normalized spacial score (nSPS) is 12.1. The van der Waals surface area contributed by atoms with Crippen LogP contribution >= 0.6 is 31.9 Å². The average Bonchev–Trinajstić information content (AvgIpc) is 2.30. The Kier molecular flexibility index (Phi) is 5.81. The number of carboxylic acid groups (broad SMARTS) is 1. The first-order chi connectivity index (χ1) is 8.81. The number of benzene rings is 1. The Morgan fingerprint density at radius 2 is 1.89 bits per heavy atom. The number of amides is 2. The molecule has 3 N–H and O–H groups in total. The van der Waals surface area contributed by atoms with Crippen molar-refractivity contribution in [2.45, 2.75) is 19.9 Å². The number of anilines is 1. The third-order valence-corrected chi connectivity index (χ3v) is 3.58. The van der Waals surface area contributed by atoms with Crippen LogP contribution in [0.25, 0.3) is 0 Å². The maximum Gasteiger partial charge on any atom is 0.326 e. The fraction of sp³-hybridized carbons (Fsp3) is 0.333. The summed E-state index contributed by atoms with van der Waals surface area (Å²) in [7, 11) is 0. The number of carbonyl (C=O) groups is 2. The molecule has 1 aromatic carbocycles. The van der Waals surface area contributed by atoms with Crippen molar-refractivity contribution in [2.75, 3.05) is 5.32 Å². The van der Waals surface area contributed by atoms with Gasteiger partial charge in [0.15, 0.2) is 0 Å². The fourth-order valence-electron chi connectivity index (χ4n) is 1.41. The molecule has 0 fully saturated rings. The molecule has 1 atom stereocenters. The average molecular weight is 394 g/mol. The van der Waals surface area contributed by atoms with Crippen molar-refractivity contribution in [2.24, 2.45) is 5.92 Å². The first-order valence-corrected chi connectivity index (χ1v) is 7.15. The number of nitrogens with one attached hydrogen (secondary N) is 2. The lowest BCUT2D eigenvalue weighted by atomic mass is 10.1. The summed E-state index contributed by atoms with van der Waals surface area (Å²) in [6, 6.07) is 3.83. The summed E-state index contributed by atoms with van der Waals surface area (Å²) in [5.41, 5.74) is 0.555. The molecule has 1 rings (SSSR count). The Bertz CT molecular complexity index is 492. The molecule has 0 heterocycles. The van der Waals surface area contributed by atoms with Crippen LogP contribution in [0, 0.1) is 5.92 Å². The van der Waals surface area contributed by atoms with E-state index in [-0.39, 0.29) is 5.92 Å². The van der Waals surface area contributed by atoms with Crippen LogP contribution in [0.15, 0.2) is 27.1 Å². The van der Waals surface area contributed by atoms with Crippen LogP contribution in [0.1, 0.15) is 13.8 Å². The van der Waals surface area contributed by atoms with Gasteiger partial charge < -0.3 is 15.7 Å². The molecule has 0 unspecified atom stereocenters. The van der Waals surface area contributed by atoms with Crippen molar-refractivity contribution in [3.8, 4) is 0 Å². The van der Waals surface area contributed by atoms with E-state index < -0.39 is 18.0 Å². The molecule has 7 heteroatoms. The molecule has 0 aromatic heterocycles. The van der Waals surface area contributed by atoms with Crippen LogP contribution in [0.4, 0.5) is 10.5 Å². The summed E-state index contributed by atoms with van der Waals surface area (Å²) in [5.74, 6) is -1.26. The maximum atomic E-state index is 11.8. The molecule has 0 saturated carbocycles. The van der Waals surface area contributed by atoms with E-state index in [2.05, 4.69) is 42.5 Å². The molecule has 104 valence electrons. The van der Waals surface area contributed by atoms with Gasteiger partial charge in [0, 0.05) is 8.95 Å². The highest BCUT2D eigenvalue weighted by molar-refractivity contribution is 9.11. The third kappa shape index (κ3) is 4.83. The minimum Gasteiger partial charge on any atom is -0.480 e. The van der Waals surface area contributed by atoms with E-state index in [0.29, 0.717) is 10.2 Å². The van der Waals surface area contributed by atoms with Gasteiger partial charge in [-0.25, -0.2) is 9.59 Å². The van der Waals surface area contributed by atoms with Crippen LogP contribution in [-0.2, 0) is 4.79 Å². The maximum absolute atomic E-state index is 11.8. The van der Waals surface area contributed by atoms with E-state index in [1.807, 2.05) is 6.07 Å². The fourth-order valence-corrected chi connectivity index (χ4v) is 2.11. The van der Waals surface area contributed by atoms with E-state index >= 15 is 0 Å². The number of hydrogen-bond acceptors (Lipinski definition) is 2. The van der Waals surface area contributed by atoms with Gasteiger partial charge in [-0.1, -0.05) is 29.8 Å². The predicted octanol–water partition coefficient (Wildman–Crippen LogP) is 3.44. The first kappa shape index (κ1) is 16.0. The number of urea groups is 1. The topological polar surface area (TPSA) is 78.4 Å². The highest BCUT2D eigenvalue weighted by atomic mass is 79.9. The van der Waals surface area contributed by atoms with Gasteiger partial charge >= 0.3 is 12.0 Å². The molecule has 0 spiro atoms. The number of carboxylic acids is 1. The van der Waals surface area contributed by atoms with Crippen molar-refractivity contribution in [1.29, 1.82) is 0 Å². The second kappa shape index (κ2) is 6.91. The number of aliphatic carboxylic acids is 1. The van der Waals surface area contributed by atoms with Gasteiger partial charge in [0.2, 0.25) is 0 Å². The molecular formula is C12H14Br2N2O3. The lowest BCUT2D eigenvalue weighted by Gasteiger charge is -2.18. The van der Waals surface area contributed by atoms with E-state index in [4.69, 9.17) is 5.11 Å². The van der Waals surface area contributed by atoms with E-state index in [9.17, 15) is 9.59 Å². The predicted molar refractivity (Wildman–Crippen MR) is 80.3 cm³/mol.